The van der Waals surface area contributed by atoms with Gasteiger partial charge in [-0.15, -0.1) is 0 Å². The molecule has 0 bridgehead atoms. The van der Waals surface area contributed by atoms with Crippen molar-refractivity contribution in [1.29, 1.82) is 0 Å². The minimum absolute atomic E-state index is 0.308. The first-order chi connectivity index (χ1) is 8.00. The number of rotatable bonds is 0. The molecule has 0 aliphatic heterocycles. The summed E-state index contributed by atoms with van der Waals surface area (Å²) in [6.07, 6.45) is 5.16. The van der Waals surface area contributed by atoms with E-state index in [-0.39, 0.29) is 0 Å². The van der Waals surface area contributed by atoms with E-state index in [0.29, 0.717) is 11.3 Å². The molecule has 2 aliphatic carbocycles. The lowest BCUT2D eigenvalue weighted by atomic mass is 9.71. The number of hydrogen-bond donors (Lipinski definition) is 0. The van der Waals surface area contributed by atoms with Gasteiger partial charge in [-0.05, 0) is 82.9 Å². The molecule has 0 spiro atoms. The summed E-state index contributed by atoms with van der Waals surface area (Å²) < 4.78 is 1.37. The minimum Gasteiger partial charge on any atom is -0.0810 e. The number of halogens is 1. The van der Waals surface area contributed by atoms with Gasteiger partial charge in [-0.1, -0.05) is 31.6 Å². The van der Waals surface area contributed by atoms with Gasteiger partial charge in [0.25, 0.3) is 0 Å². The Bertz CT molecular complexity index is 496. The van der Waals surface area contributed by atoms with Crippen LogP contribution in [-0.4, -0.2) is 0 Å². The second kappa shape index (κ2) is 3.84. The molecule has 0 saturated carbocycles. The molecule has 0 aromatic heterocycles. The molecule has 3 rings (SSSR count). The highest BCUT2D eigenvalue weighted by molar-refractivity contribution is 14.1. The summed E-state index contributed by atoms with van der Waals surface area (Å²) >= 11 is 2.43. The Morgan fingerprint density at radius 1 is 1.29 bits per heavy atom. The number of allylic oxidation sites excluding steroid dienone is 2. The van der Waals surface area contributed by atoms with E-state index in [1.54, 1.807) is 16.7 Å². The molecule has 1 unspecified atom stereocenters. The standard InChI is InChI=1S/C16H19I/c1-10-4-6-12-13-7-5-11(17)9-15(13)16(2,3)14(12)8-10/h5,7-9,12,14H,4,6H2,1-3H3/t12?,14-/m0/s1. The van der Waals surface area contributed by atoms with E-state index >= 15 is 0 Å². The van der Waals surface area contributed by atoms with Gasteiger partial charge < -0.3 is 0 Å². The summed E-state index contributed by atoms with van der Waals surface area (Å²) in [6, 6.07) is 7.04. The maximum Gasteiger partial charge on any atom is 0.0133 e. The smallest absolute Gasteiger partial charge is 0.0133 e. The Kier molecular flexibility index (Phi) is 2.66. The molecule has 0 fully saturated rings. The molecule has 0 radical (unpaired) electrons. The lowest BCUT2D eigenvalue weighted by Gasteiger charge is -2.32. The zero-order valence-corrected chi connectivity index (χ0v) is 12.9. The summed E-state index contributed by atoms with van der Waals surface area (Å²) in [4.78, 5) is 0. The third-order valence-electron chi connectivity index (χ3n) is 4.69. The molecule has 0 nitrogen and oxygen atoms in total. The highest BCUT2D eigenvalue weighted by Crippen LogP contribution is 2.55. The third-order valence-corrected chi connectivity index (χ3v) is 5.36. The van der Waals surface area contributed by atoms with Crippen LogP contribution in [-0.2, 0) is 5.41 Å². The summed E-state index contributed by atoms with van der Waals surface area (Å²) in [5.41, 5.74) is 5.10. The Morgan fingerprint density at radius 2 is 2.06 bits per heavy atom. The first-order valence-corrected chi connectivity index (χ1v) is 7.55. The molecule has 2 atom stereocenters. The normalized spacial score (nSPS) is 29.5. The van der Waals surface area contributed by atoms with Crippen LogP contribution < -0.4 is 0 Å². The van der Waals surface area contributed by atoms with E-state index in [0.717, 1.165) is 5.92 Å². The highest BCUT2D eigenvalue weighted by atomic mass is 127. The van der Waals surface area contributed by atoms with Crippen molar-refractivity contribution in [2.45, 2.75) is 44.9 Å². The second-order valence-electron chi connectivity index (χ2n) is 6.14. The molecule has 1 aromatic carbocycles. The number of hydrogen-bond acceptors (Lipinski definition) is 0. The van der Waals surface area contributed by atoms with Gasteiger partial charge in [0.2, 0.25) is 0 Å². The SMILES string of the molecule is CC1=C[C@H]2C(CC1)c1ccc(I)cc1C2(C)C. The maximum atomic E-state index is 2.54. The number of fused-ring (bicyclic) bond motifs is 3. The van der Waals surface area contributed by atoms with Crippen LogP contribution in [0.5, 0.6) is 0 Å². The summed E-state index contributed by atoms with van der Waals surface area (Å²) in [7, 11) is 0. The van der Waals surface area contributed by atoms with Gasteiger partial charge in [-0.25, -0.2) is 0 Å². The molecule has 0 saturated heterocycles. The zero-order valence-electron chi connectivity index (χ0n) is 10.8. The molecule has 0 N–H and O–H groups in total. The lowest BCUT2D eigenvalue weighted by molar-refractivity contribution is 0.342. The fourth-order valence-electron chi connectivity index (χ4n) is 3.72. The Balaban J connectivity index is 2.18. The van der Waals surface area contributed by atoms with Crippen molar-refractivity contribution >= 4 is 22.6 Å². The van der Waals surface area contributed by atoms with Crippen molar-refractivity contribution < 1.29 is 0 Å². The van der Waals surface area contributed by atoms with E-state index in [2.05, 4.69) is 67.6 Å². The van der Waals surface area contributed by atoms with Gasteiger partial charge in [0, 0.05) is 3.57 Å². The van der Waals surface area contributed by atoms with Crippen molar-refractivity contribution in [1.82, 2.24) is 0 Å². The van der Waals surface area contributed by atoms with Gasteiger partial charge in [0.05, 0.1) is 0 Å². The quantitative estimate of drug-likeness (QED) is 0.460. The van der Waals surface area contributed by atoms with E-state index in [1.807, 2.05) is 0 Å². The van der Waals surface area contributed by atoms with Crippen LogP contribution in [0.2, 0.25) is 0 Å². The van der Waals surface area contributed by atoms with Crippen molar-refractivity contribution in [3.05, 3.63) is 44.5 Å². The predicted octanol–water partition coefficient (Wildman–Crippen LogP) is 5.02. The summed E-state index contributed by atoms with van der Waals surface area (Å²) in [5, 5.41) is 0. The Morgan fingerprint density at radius 3 is 2.82 bits per heavy atom. The van der Waals surface area contributed by atoms with E-state index < -0.39 is 0 Å². The van der Waals surface area contributed by atoms with Crippen molar-refractivity contribution in [2.24, 2.45) is 5.92 Å². The molecular weight excluding hydrogens is 319 g/mol. The van der Waals surface area contributed by atoms with Crippen LogP contribution in [0, 0.1) is 9.49 Å². The first-order valence-electron chi connectivity index (χ1n) is 6.47. The zero-order chi connectivity index (χ0) is 12.2. The van der Waals surface area contributed by atoms with Gasteiger partial charge >= 0.3 is 0 Å². The minimum atomic E-state index is 0.308. The van der Waals surface area contributed by atoms with Crippen molar-refractivity contribution in [2.75, 3.05) is 0 Å². The molecule has 2 aliphatic rings. The highest BCUT2D eigenvalue weighted by Gasteiger charge is 2.45. The fraction of sp³-hybridized carbons (Fsp3) is 0.500. The predicted molar refractivity (Wildman–Crippen MR) is 81.4 cm³/mol. The topological polar surface area (TPSA) is 0 Å². The fourth-order valence-corrected chi connectivity index (χ4v) is 4.21. The molecule has 0 amide bonds. The van der Waals surface area contributed by atoms with Crippen LogP contribution in [0.3, 0.4) is 0 Å². The van der Waals surface area contributed by atoms with E-state index in [1.165, 1.54) is 16.4 Å². The first kappa shape index (κ1) is 11.8. The third kappa shape index (κ3) is 1.69. The Hall–Kier alpha value is -0.310. The second-order valence-corrected chi connectivity index (χ2v) is 7.38. The van der Waals surface area contributed by atoms with Gasteiger partial charge in [-0.3, -0.25) is 0 Å². The Labute approximate surface area is 118 Å². The maximum absolute atomic E-state index is 2.54. The monoisotopic (exact) mass is 338 g/mol. The molecule has 90 valence electrons. The van der Waals surface area contributed by atoms with Gasteiger partial charge in [0.15, 0.2) is 0 Å². The van der Waals surface area contributed by atoms with Crippen molar-refractivity contribution in [3.63, 3.8) is 0 Å². The van der Waals surface area contributed by atoms with Crippen LogP contribution in [0.15, 0.2) is 29.8 Å². The molecule has 1 heteroatoms. The van der Waals surface area contributed by atoms with Crippen LogP contribution in [0.4, 0.5) is 0 Å². The van der Waals surface area contributed by atoms with Crippen LogP contribution >= 0.6 is 22.6 Å². The van der Waals surface area contributed by atoms with Gasteiger partial charge in [-0.2, -0.15) is 0 Å². The lowest BCUT2D eigenvalue weighted by Crippen LogP contribution is -2.26. The summed E-state index contributed by atoms with van der Waals surface area (Å²) in [6.45, 7) is 7.13. The largest absolute Gasteiger partial charge is 0.0810 e. The van der Waals surface area contributed by atoms with E-state index in [4.69, 9.17) is 0 Å². The van der Waals surface area contributed by atoms with E-state index in [9.17, 15) is 0 Å². The molecular formula is C16H19I. The van der Waals surface area contributed by atoms with Gasteiger partial charge in [0.1, 0.15) is 0 Å². The molecule has 0 heterocycles. The van der Waals surface area contributed by atoms with Crippen LogP contribution in [0.25, 0.3) is 0 Å². The molecule has 17 heavy (non-hydrogen) atoms. The van der Waals surface area contributed by atoms with Crippen molar-refractivity contribution in [3.8, 4) is 0 Å². The summed E-state index contributed by atoms with van der Waals surface area (Å²) in [5.74, 6) is 1.48. The van der Waals surface area contributed by atoms with Crippen LogP contribution in [0.1, 0.15) is 50.7 Å². The molecule has 1 aromatic rings. The number of benzene rings is 1. The average Bonchev–Trinajstić information content (AvgIpc) is 2.49. The average molecular weight is 338 g/mol.